The minimum atomic E-state index is 0.200. The van der Waals surface area contributed by atoms with Gasteiger partial charge in [0.2, 0.25) is 5.90 Å². The van der Waals surface area contributed by atoms with E-state index in [1.54, 1.807) is 13.0 Å². The zero-order valence-corrected chi connectivity index (χ0v) is 17.8. The number of halogens is 2. The second kappa shape index (κ2) is 13.6. The molecule has 27 heavy (non-hydrogen) atoms. The van der Waals surface area contributed by atoms with E-state index >= 15 is 0 Å². The summed E-state index contributed by atoms with van der Waals surface area (Å²) in [5, 5.41) is 11.5. The van der Waals surface area contributed by atoms with Gasteiger partial charge in [0, 0.05) is 6.92 Å². The molecule has 0 heterocycles. The van der Waals surface area contributed by atoms with E-state index in [0.717, 1.165) is 54.7 Å². The molecule has 0 radical (unpaired) electrons. The molecule has 1 rings (SSSR count). The number of rotatable bonds is 12. The normalized spacial score (nSPS) is 11.2. The minimum absolute atomic E-state index is 0.200. The summed E-state index contributed by atoms with van der Waals surface area (Å²) in [6.45, 7) is 7.32. The third kappa shape index (κ3) is 9.78. The molecule has 0 spiro atoms. The van der Waals surface area contributed by atoms with Crippen LogP contribution in [-0.4, -0.2) is 30.9 Å². The highest BCUT2D eigenvalue weighted by Gasteiger charge is 2.09. The van der Waals surface area contributed by atoms with Crippen LogP contribution in [0.1, 0.15) is 50.7 Å². The van der Waals surface area contributed by atoms with Crippen molar-refractivity contribution in [3.63, 3.8) is 0 Å². The average molecular weight is 418 g/mol. The van der Waals surface area contributed by atoms with Gasteiger partial charge in [0.05, 0.1) is 13.2 Å². The van der Waals surface area contributed by atoms with E-state index in [0.29, 0.717) is 25.7 Å². The SMILES string of the molecule is CCc1cc(OCC=C(Cl)Cl)cc(C)c1OCCCCCCOC(C)=NO. The monoisotopic (exact) mass is 417 g/mol. The van der Waals surface area contributed by atoms with Gasteiger partial charge in [0.1, 0.15) is 22.6 Å². The summed E-state index contributed by atoms with van der Waals surface area (Å²) in [5.41, 5.74) is 2.18. The summed E-state index contributed by atoms with van der Waals surface area (Å²) >= 11 is 11.2. The van der Waals surface area contributed by atoms with Crippen LogP contribution >= 0.6 is 23.2 Å². The second-order valence-electron chi connectivity index (χ2n) is 6.12. The molecule has 0 saturated carbocycles. The van der Waals surface area contributed by atoms with Crippen LogP contribution in [0.2, 0.25) is 0 Å². The molecule has 1 N–H and O–H groups in total. The van der Waals surface area contributed by atoms with Crippen LogP contribution in [0, 0.1) is 6.92 Å². The van der Waals surface area contributed by atoms with Gasteiger partial charge in [0.15, 0.2) is 0 Å². The number of hydrogen-bond donors (Lipinski definition) is 1. The summed E-state index contributed by atoms with van der Waals surface area (Å²) in [6.07, 6.45) is 6.49. The van der Waals surface area contributed by atoms with Crippen LogP contribution in [0.15, 0.2) is 27.9 Å². The van der Waals surface area contributed by atoms with E-state index in [1.807, 2.05) is 19.1 Å². The molecule has 0 aromatic heterocycles. The molecule has 0 amide bonds. The summed E-state index contributed by atoms with van der Waals surface area (Å²) < 4.78 is 17.1. The van der Waals surface area contributed by atoms with Gasteiger partial charge in [-0.25, -0.2) is 0 Å². The maximum atomic E-state index is 8.49. The fourth-order valence-corrected chi connectivity index (χ4v) is 2.67. The highest BCUT2D eigenvalue weighted by atomic mass is 35.5. The van der Waals surface area contributed by atoms with Gasteiger partial charge in [-0.2, -0.15) is 0 Å². The number of nitrogens with zero attached hydrogens (tertiary/aromatic N) is 1. The van der Waals surface area contributed by atoms with Gasteiger partial charge in [-0.15, -0.1) is 0 Å². The Bertz CT molecular complexity index is 629. The molecule has 1 aromatic rings. The Morgan fingerprint density at radius 1 is 1.11 bits per heavy atom. The third-order valence-electron chi connectivity index (χ3n) is 3.93. The van der Waals surface area contributed by atoms with Crippen molar-refractivity contribution in [3.8, 4) is 11.5 Å². The zero-order valence-electron chi connectivity index (χ0n) is 16.3. The van der Waals surface area contributed by atoms with Crippen LogP contribution in [-0.2, 0) is 11.2 Å². The van der Waals surface area contributed by atoms with Crippen molar-refractivity contribution in [1.82, 2.24) is 0 Å². The molecule has 0 fully saturated rings. The fraction of sp³-hybridized carbons (Fsp3) is 0.550. The molecule has 0 aliphatic rings. The van der Waals surface area contributed by atoms with Crippen molar-refractivity contribution < 1.29 is 19.4 Å². The van der Waals surface area contributed by atoms with Crippen LogP contribution in [0.25, 0.3) is 0 Å². The quantitative estimate of drug-likeness (QED) is 0.148. The highest BCUT2D eigenvalue weighted by molar-refractivity contribution is 6.55. The van der Waals surface area contributed by atoms with E-state index < -0.39 is 0 Å². The predicted molar refractivity (Wildman–Crippen MR) is 111 cm³/mol. The van der Waals surface area contributed by atoms with Gasteiger partial charge >= 0.3 is 0 Å². The molecule has 0 unspecified atom stereocenters. The van der Waals surface area contributed by atoms with Gasteiger partial charge in [-0.3, -0.25) is 0 Å². The lowest BCUT2D eigenvalue weighted by Crippen LogP contribution is -2.04. The van der Waals surface area contributed by atoms with E-state index in [-0.39, 0.29) is 4.49 Å². The predicted octanol–water partition coefficient (Wildman–Crippen LogP) is 6.02. The second-order valence-corrected chi connectivity index (χ2v) is 7.12. The number of benzene rings is 1. The molecule has 0 atom stereocenters. The maximum Gasteiger partial charge on any atom is 0.222 e. The van der Waals surface area contributed by atoms with Crippen LogP contribution in [0.3, 0.4) is 0 Å². The first kappa shape index (κ1) is 23.4. The van der Waals surface area contributed by atoms with Gasteiger partial charge < -0.3 is 19.4 Å². The Morgan fingerprint density at radius 3 is 2.44 bits per heavy atom. The molecule has 7 heteroatoms. The Morgan fingerprint density at radius 2 is 1.81 bits per heavy atom. The van der Waals surface area contributed by atoms with Gasteiger partial charge in [0.25, 0.3) is 0 Å². The first-order valence-corrected chi connectivity index (χ1v) is 9.95. The number of ether oxygens (including phenoxy) is 3. The minimum Gasteiger partial charge on any atom is -0.493 e. The molecule has 0 aliphatic carbocycles. The Hall–Kier alpha value is -1.59. The van der Waals surface area contributed by atoms with Crippen molar-refractivity contribution in [2.75, 3.05) is 19.8 Å². The molecule has 152 valence electrons. The molecule has 0 saturated heterocycles. The Labute approximate surface area is 171 Å². The number of aryl methyl sites for hydroxylation is 2. The molecule has 0 aliphatic heterocycles. The van der Waals surface area contributed by atoms with Gasteiger partial charge in [-0.1, -0.05) is 35.3 Å². The number of unbranched alkanes of at least 4 members (excludes halogenated alkanes) is 3. The summed E-state index contributed by atoms with van der Waals surface area (Å²) in [7, 11) is 0. The van der Waals surface area contributed by atoms with Crippen molar-refractivity contribution in [1.29, 1.82) is 0 Å². The fourth-order valence-electron chi connectivity index (χ4n) is 2.55. The lowest BCUT2D eigenvalue weighted by atomic mass is 10.1. The Kier molecular flexibility index (Phi) is 11.8. The largest absolute Gasteiger partial charge is 0.493 e. The van der Waals surface area contributed by atoms with Crippen molar-refractivity contribution in [2.45, 2.75) is 52.9 Å². The van der Waals surface area contributed by atoms with Crippen LogP contribution < -0.4 is 9.47 Å². The summed E-state index contributed by atoms with van der Waals surface area (Å²) in [5.74, 6) is 2.02. The zero-order chi connectivity index (χ0) is 20.1. The summed E-state index contributed by atoms with van der Waals surface area (Å²) in [6, 6.07) is 3.97. The number of hydrogen-bond acceptors (Lipinski definition) is 5. The molecule has 0 bridgehead atoms. The first-order valence-electron chi connectivity index (χ1n) is 9.19. The maximum absolute atomic E-state index is 8.49. The highest BCUT2D eigenvalue weighted by Crippen LogP contribution is 2.30. The average Bonchev–Trinajstić information content (AvgIpc) is 2.64. The lowest BCUT2D eigenvalue weighted by molar-refractivity contribution is 0.245. The van der Waals surface area contributed by atoms with E-state index in [2.05, 4.69) is 12.1 Å². The topological polar surface area (TPSA) is 60.3 Å². The molecule has 1 aromatic carbocycles. The smallest absolute Gasteiger partial charge is 0.222 e. The van der Waals surface area contributed by atoms with E-state index in [4.69, 9.17) is 42.6 Å². The molecular formula is C20H29Cl2NO4. The van der Waals surface area contributed by atoms with Gasteiger partial charge in [-0.05, 0) is 68.4 Å². The lowest BCUT2D eigenvalue weighted by Gasteiger charge is -2.15. The molecule has 5 nitrogen and oxygen atoms in total. The third-order valence-corrected chi connectivity index (χ3v) is 4.24. The van der Waals surface area contributed by atoms with Crippen LogP contribution in [0.5, 0.6) is 11.5 Å². The van der Waals surface area contributed by atoms with Crippen LogP contribution in [0.4, 0.5) is 0 Å². The summed E-state index contributed by atoms with van der Waals surface area (Å²) in [4.78, 5) is 0. The van der Waals surface area contributed by atoms with E-state index in [9.17, 15) is 0 Å². The van der Waals surface area contributed by atoms with E-state index in [1.165, 1.54) is 0 Å². The van der Waals surface area contributed by atoms with Crippen molar-refractivity contribution in [3.05, 3.63) is 33.8 Å². The van der Waals surface area contributed by atoms with Crippen molar-refractivity contribution in [2.24, 2.45) is 5.16 Å². The Balaban J connectivity index is 2.40. The molecular weight excluding hydrogens is 389 g/mol. The first-order chi connectivity index (χ1) is 13.0. The van der Waals surface area contributed by atoms with Crippen molar-refractivity contribution >= 4 is 29.1 Å². The number of oxime groups is 1. The standard InChI is InChI=1S/C20H29Cl2NO4/c1-4-17-14-18(26-12-9-19(21)22)13-15(2)20(17)27-11-8-6-5-7-10-25-16(3)23-24/h9,13-14,24H,4-8,10-12H2,1-3H3.